The Morgan fingerprint density at radius 3 is 1.93 bits per heavy atom. The van der Waals surface area contributed by atoms with Crippen molar-refractivity contribution in [2.24, 2.45) is 0 Å². The molecule has 0 aliphatic heterocycles. The maximum atomic E-state index is 2.34. The van der Waals surface area contributed by atoms with E-state index >= 15 is 0 Å². The van der Waals surface area contributed by atoms with Crippen LogP contribution in [0.25, 0.3) is 0 Å². The van der Waals surface area contributed by atoms with Crippen molar-refractivity contribution in [3.8, 4) is 0 Å². The van der Waals surface area contributed by atoms with Crippen molar-refractivity contribution < 1.29 is 0 Å². The first-order valence-electron chi connectivity index (χ1n) is 6.26. The van der Waals surface area contributed by atoms with Crippen LogP contribution in [0.1, 0.15) is 60.3 Å². The summed E-state index contributed by atoms with van der Waals surface area (Å²) in [5.41, 5.74) is 6.09. The van der Waals surface area contributed by atoms with E-state index in [1.165, 1.54) is 48.8 Å². The topological polar surface area (TPSA) is 0 Å². The van der Waals surface area contributed by atoms with E-state index in [4.69, 9.17) is 0 Å². The van der Waals surface area contributed by atoms with E-state index in [-0.39, 0.29) is 0 Å². The minimum absolute atomic E-state index is 0.847. The Morgan fingerprint density at radius 1 is 0.867 bits per heavy atom. The average molecular weight is 202 g/mol. The molecule has 1 fully saturated rings. The fourth-order valence-electron chi connectivity index (χ4n) is 3.23. The lowest BCUT2D eigenvalue weighted by Crippen LogP contribution is -2.08. The van der Waals surface area contributed by atoms with Crippen molar-refractivity contribution in [3.63, 3.8) is 0 Å². The van der Waals surface area contributed by atoms with Crippen molar-refractivity contribution in [1.29, 1.82) is 0 Å². The largest absolute Gasteiger partial charge is 0.0561 e. The molecule has 0 heteroatoms. The Bertz CT molecular complexity index is 320. The summed E-state index contributed by atoms with van der Waals surface area (Å²) in [5, 5.41) is 0. The quantitative estimate of drug-likeness (QED) is 0.621. The summed E-state index contributed by atoms with van der Waals surface area (Å²) in [6.45, 7) is 6.76. The number of aryl methyl sites for hydroxylation is 3. The molecule has 1 aliphatic carbocycles. The second-order valence-corrected chi connectivity index (χ2v) is 5.15. The predicted octanol–water partition coefficient (Wildman–Crippen LogP) is 4.66. The molecule has 2 rings (SSSR count). The van der Waals surface area contributed by atoms with Gasteiger partial charge in [0.15, 0.2) is 0 Å². The Labute approximate surface area is 93.7 Å². The maximum absolute atomic E-state index is 2.34. The van der Waals surface area contributed by atoms with Gasteiger partial charge in [-0.1, -0.05) is 37.0 Å². The Kier molecular flexibility index (Phi) is 3.14. The van der Waals surface area contributed by atoms with Crippen LogP contribution in [-0.4, -0.2) is 0 Å². The van der Waals surface area contributed by atoms with Crippen LogP contribution in [0.4, 0.5) is 0 Å². The Hall–Kier alpha value is -0.780. The number of rotatable bonds is 1. The van der Waals surface area contributed by atoms with E-state index in [0.29, 0.717) is 0 Å². The first-order chi connectivity index (χ1) is 7.18. The van der Waals surface area contributed by atoms with Crippen LogP contribution in [0.15, 0.2) is 12.1 Å². The highest BCUT2D eigenvalue weighted by Crippen LogP contribution is 2.36. The summed E-state index contributed by atoms with van der Waals surface area (Å²) in [6.07, 6.45) is 7.12. The molecular formula is C15H22. The van der Waals surface area contributed by atoms with Gasteiger partial charge in [-0.05, 0) is 56.2 Å². The zero-order chi connectivity index (χ0) is 10.8. The highest BCUT2D eigenvalue weighted by Gasteiger charge is 2.18. The third kappa shape index (κ3) is 2.25. The minimum Gasteiger partial charge on any atom is -0.0561 e. The van der Waals surface area contributed by atoms with Gasteiger partial charge in [0.05, 0.1) is 0 Å². The van der Waals surface area contributed by atoms with Gasteiger partial charge in [0, 0.05) is 0 Å². The normalized spacial score (nSPS) is 18.1. The van der Waals surface area contributed by atoms with Crippen molar-refractivity contribution in [1.82, 2.24) is 0 Å². The summed E-state index contributed by atoms with van der Waals surface area (Å²) in [7, 11) is 0. The van der Waals surface area contributed by atoms with Crippen LogP contribution < -0.4 is 0 Å². The van der Waals surface area contributed by atoms with E-state index in [1.54, 1.807) is 5.56 Å². The standard InChI is InChI=1S/C15H22/c1-11-9-12(2)15(13(3)10-11)14-7-5-4-6-8-14/h9-10,14H,4-8H2,1-3H3. The first kappa shape index (κ1) is 10.7. The second kappa shape index (κ2) is 4.38. The third-order valence-electron chi connectivity index (χ3n) is 3.75. The zero-order valence-electron chi connectivity index (χ0n) is 10.3. The minimum atomic E-state index is 0.847. The van der Waals surface area contributed by atoms with Crippen molar-refractivity contribution >= 4 is 0 Å². The van der Waals surface area contributed by atoms with Gasteiger partial charge < -0.3 is 0 Å². The molecule has 0 bridgehead atoms. The maximum Gasteiger partial charge on any atom is -0.0157 e. The number of hydrogen-bond acceptors (Lipinski definition) is 0. The van der Waals surface area contributed by atoms with Crippen molar-refractivity contribution in [3.05, 3.63) is 34.4 Å². The molecule has 1 saturated carbocycles. The number of hydrogen-bond donors (Lipinski definition) is 0. The van der Waals surface area contributed by atoms with E-state index in [9.17, 15) is 0 Å². The van der Waals surface area contributed by atoms with Crippen molar-refractivity contribution in [2.75, 3.05) is 0 Å². The number of benzene rings is 1. The molecule has 0 nitrogen and oxygen atoms in total. The zero-order valence-corrected chi connectivity index (χ0v) is 10.3. The Morgan fingerprint density at radius 2 is 1.40 bits per heavy atom. The summed E-state index contributed by atoms with van der Waals surface area (Å²) in [5.74, 6) is 0.847. The van der Waals surface area contributed by atoms with Gasteiger partial charge in [0.1, 0.15) is 0 Å². The average Bonchev–Trinajstić information content (AvgIpc) is 2.17. The summed E-state index contributed by atoms with van der Waals surface area (Å²) < 4.78 is 0. The summed E-state index contributed by atoms with van der Waals surface area (Å²) >= 11 is 0. The third-order valence-corrected chi connectivity index (χ3v) is 3.75. The molecule has 0 aromatic heterocycles. The van der Waals surface area contributed by atoms with Gasteiger partial charge in [-0.3, -0.25) is 0 Å². The molecule has 0 spiro atoms. The van der Waals surface area contributed by atoms with Crippen LogP contribution >= 0.6 is 0 Å². The molecule has 0 amide bonds. The van der Waals surface area contributed by atoms with Crippen LogP contribution in [0.2, 0.25) is 0 Å². The second-order valence-electron chi connectivity index (χ2n) is 5.15. The molecule has 1 aromatic carbocycles. The Balaban J connectivity index is 2.33. The summed E-state index contributed by atoms with van der Waals surface area (Å²) in [4.78, 5) is 0. The molecule has 0 unspecified atom stereocenters. The fourth-order valence-corrected chi connectivity index (χ4v) is 3.23. The van der Waals surface area contributed by atoms with Crippen LogP contribution in [0.3, 0.4) is 0 Å². The highest BCUT2D eigenvalue weighted by molar-refractivity contribution is 5.40. The predicted molar refractivity (Wildman–Crippen MR) is 66.5 cm³/mol. The SMILES string of the molecule is Cc1cc(C)c(C2CCCCC2)c(C)c1. The smallest absolute Gasteiger partial charge is 0.0157 e. The molecule has 0 N–H and O–H groups in total. The van der Waals surface area contributed by atoms with Gasteiger partial charge in [-0.2, -0.15) is 0 Å². The van der Waals surface area contributed by atoms with E-state index in [1.807, 2.05) is 0 Å². The van der Waals surface area contributed by atoms with Gasteiger partial charge in [-0.15, -0.1) is 0 Å². The lowest BCUT2D eigenvalue weighted by atomic mass is 9.80. The van der Waals surface area contributed by atoms with Crippen LogP contribution in [0, 0.1) is 20.8 Å². The molecule has 0 saturated heterocycles. The molecular weight excluding hydrogens is 180 g/mol. The molecule has 0 radical (unpaired) electrons. The lowest BCUT2D eigenvalue weighted by molar-refractivity contribution is 0.441. The molecule has 0 heterocycles. The van der Waals surface area contributed by atoms with E-state index in [0.717, 1.165) is 5.92 Å². The van der Waals surface area contributed by atoms with Crippen LogP contribution in [0.5, 0.6) is 0 Å². The van der Waals surface area contributed by atoms with Crippen LogP contribution in [-0.2, 0) is 0 Å². The molecule has 0 atom stereocenters. The highest BCUT2D eigenvalue weighted by atomic mass is 14.2. The lowest BCUT2D eigenvalue weighted by Gasteiger charge is -2.25. The van der Waals surface area contributed by atoms with Crippen molar-refractivity contribution in [2.45, 2.75) is 58.8 Å². The van der Waals surface area contributed by atoms with E-state index in [2.05, 4.69) is 32.9 Å². The molecule has 15 heavy (non-hydrogen) atoms. The van der Waals surface area contributed by atoms with Gasteiger partial charge in [0.25, 0.3) is 0 Å². The van der Waals surface area contributed by atoms with Gasteiger partial charge in [-0.25, -0.2) is 0 Å². The fraction of sp³-hybridized carbons (Fsp3) is 0.600. The van der Waals surface area contributed by atoms with E-state index < -0.39 is 0 Å². The molecule has 1 aromatic rings. The van der Waals surface area contributed by atoms with Gasteiger partial charge >= 0.3 is 0 Å². The summed E-state index contributed by atoms with van der Waals surface area (Å²) in [6, 6.07) is 4.69. The molecule has 1 aliphatic rings. The first-order valence-corrected chi connectivity index (χ1v) is 6.26. The van der Waals surface area contributed by atoms with Gasteiger partial charge in [0.2, 0.25) is 0 Å². The molecule has 82 valence electrons. The monoisotopic (exact) mass is 202 g/mol.